The summed E-state index contributed by atoms with van der Waals surface area (Å²) in [6, 6.07) is 17.2. The highest BCUT2D eigenvalue weighted by atomic mass is 16.2. The van der Waals surface area contributed by atoms with Gasteiger partial charge < -0.3 is 9.88 Å². The van der Waals surface area contributed by atoms with Gasteiger partial charge in [0.2, 0.25) is 0 Å². The van der Waals surface area contributed by atoms with Gasteiger partial charge in [-0.05, 0) is 30.9 Å². The zero-order valence-corrected chi connectivity index (χ0v) is 16.2. The summed E-state index contributed by atoms with van der Waals surface area (Å²) in [6.45, 7) is 7.37. The predicted octanol–water partition coefficient (Wildman–Crippen LogP) is 4.13. The van der Waals surface area contributed by atoms with Gasteiger partial charge in [-0.3, -0.25) is 9.59 Å². The van der Waals surface area contributed by atoms with Crippen LogP contribution in [0.5, 0.6) is 0 Å². The van der Waals surface area contributed by atoms with E-state index in [2.05, 4.69) is 19.2 Å². The third-order valence-electron chi connectivity index (χ3n) is 4.73. The summed E-state index contributed by atoms with van der Waals surface area (Å²) in [6.07, 6.45) is 0.911. The Morgan fingerprint density at radius 1 is 1.07 bits per heavy atom. The van der Waals surface area contributed by atoms with Crippen molar-refractivity contribution in [3.63, 3.8) is 0 Å². The molecular weight excluding hydrogens is 336 g/mol. The molecule has 0 saturated carbocycles. The van der Waals surface area contributed by atoms with Crippen LogP contribution in [0.1, 0.15) is 41.8 Å². The molecule has 1 N–H and O–H groups in total. The Morgan fingerprint density at radius 2 is 1.78 bits per heavy atom. The number of nitrogens with one attached hydrogen (secondary N) is 1. The standard InChI is InChI=1S/C23H26N2O2/c1-16(2)12-13-24-23(27)20-14-22(26)25(21-7-5-4-6-19(20)21)15-18-10-8-17(3)9-11-18/h4-11,14,16H,12-13,15H2,1-3H3,(H,24,27). The molecule has 3 aromatic rings. The van der Waals surface area contributed by atoms with E-state index in [9.17, 15) is 9.59 Å². The van der Waals surface area contributed by atoms with E-state index in [1.54, 1.807) is 4.57 Å². The fraction of sp³-hybridized carbons (Fsp3) is 0.304. The molecule has 0 radical (unpaired) electrons. The fourth-order valence-corrected chi connectivity index (χ4v) is 3.13. The lowest BCUT2D eigenvalue weighted by atomic mass is 10.1. The third-order valence-corrected chi connectivity index (χ3v) is 4.73. The minimum atomic E-state index is -0.188. The van der Waals surface area contributed by atoms with Crippen molar-refractivity contribution < 1.29 is 4.79 Å². The van der Waals surface area contributed by atoms with Crippen molar-refractivity contribution in [2.75, 3.05) is 6.54 Å². The van der Waals surface area contributed by atoms with Crippen molar-refractivity contribution in [2.45, 2.75) is 33.7 Å². The monoisotopic (exact) mass is 362 g/mol. The average Bonchev–Trinajstić information content (AvgIpc) is 2.65. The van der Waals surface area contributed by atoms with Gasteiger partial charge in [0.05, 0.1) is 17.6 Å². The Morgan fingerprint density at radius 3 is 2.48 bits per heavy atom. The molecule has 0 saturated heterocycles. The minimum absolute atomic E-state index is 0.164. The number of carbonyl (C=O) groups is 1. The number of amides is 1. The molecule has 0 atom stereocenters. The predicted molar refractivity (Wildman–Crippen MR) is 110 cm³/mol. The maximum atomic E-state index is 12.8. The lowest BCUT2D eigenvalue weighted by molar-refractivity contribution is 0.0953. The quantitative estimate of drug-likeness (QED) is 0.717. The second kappa shape index (κ2) is 8.21. The molecular formula is C23H26N2O2. The van der Waals surface area contributed by atoms with Crippen LogP contribution in [0.4, 0.5) is 0 Å². The first-order valence-electron chi connectivity index (χ1n) is 9.42. The molecule has 0 aliphatic rings. The Balaban J connectivity index is 1.98. The van der Waals surface area contributed by atoms with Crippen molar-refractivity contribution in [1.82, 2.24) is 9.88 Å². The number of benzene rings is 2. The molecule has 1 heterocycles. The lowest BCUT2D eigenvalue weighted by Crippen LogP contribution is -2.29. The maximum absolute atomic E-state index is 12.8. The summed E-state index contributed by atoms with van der Waals surface area (Å²) in [5.74, 6) is 0.330. The summed E-state index contributed by atoms with van der Waals surface area (Å²) in [7, 11) is 0. The molecule has 0 spiro atoms. The Hall–Kier alpha value is -2.88. The number of pyridine rings is 1. The number of fused-ring (bicyclic) bond motifs is 1. The SMILES string of the molecule is Cc1ccc(Cn2c(=O)cc(C(=O)NCCC(C)C)c3ccccc32)cc1. The zero-order chi connectivity index (χ0) is 19.4. The number of carbonyl (C=O) groups excluding carboxylic acids is 1. The molecule has 140 valence electrons. The van der Waals surface area contributed by atoms with Gasteiger partial charge in [-0.2, -0.15) is 0 Å². The van der Waals surface area contributed by atoms with Crippen LogP contribution in [0, 0.1) is 12.8 Å². The highest BCUT2D eigenvalue weighted by molar-refractivity contribution is 6.06. The lowest BCUT2D eigenvalue weighted by Gasteiger charge is -2.14. The molecule has 27 heavy (non-hydrogen) atoms. The van der Waals surface area contributed by atoms with Crippen molar-refractivity contribution >= 4 is 16.8 Å². The maximum Gasteiger partial charge on any atom is 0.252 e. The topological polar surface area (TPSA) is 51.1 Å². The van der Waals surface area contributed by atoms with Gasteiger partial charge >= 0.3 is 0 Å². The first kappa shape index (κ1) is 18.9. The molecule has 0 aliphatic heterocycles. The first-order chi connectivity index (χ1) is 13.0. The highest BCUT2D eigenvalue weighted by Gasteiger charge is 2.14. The third kappa shape index (κ3) is 4.45. The van der Waals surface area contributed by atoms with Crippen LogP contribution in [0.2, 0.25) is 0 Å². The van der Waals surface area contributed by atoms with Crippen molar-refractivity contribution in [1.29, 1.82) is 0 Å². The van der Waals surface area contributed by atoms with E-state index in [0.717, 1.165) is 22.9 Å². The van der Waals surface area contributed by atoms with Crippen LogP contribution in [-0.2, 0) is 6.54 Å². The van der Waals surface area contributed by atoms with E-state index >= 15 is 0 Å². The molecule has 0 aliphatic carbocycles. The fourth-order valence-electron chi connectivity index (χ4n) is 3.13. The van der Waals surface area contributed by atoms with Crippen LogP contribution in [0.25, 0.3) is 10.9 Å². The summed E-state index contributed by atoms with van der Waals surface area (Å²) >= 11 is 0. The largest absolute Gasteiger partial charge is 0.352 e. The van der Waals surface area contributed by atoms with Crippen LogP contribution >= 0.6 is 0 Å². The van der Waals surface area contributed by atoms with Gasteiger partial charge in [-0.15, -0.1) is 0 Å². The van der Waals surface area contributed by atoms with Gasteiger partial charge in [0.25, 0.3) is 11.5 Å². The van der Waals surface area contributed by atoms with E-state index in [1.165, 1.54) is 11.6 Å². The summed E-state index contributed by atoms with van der Waals surface area (Å²) in [5.41, 5.74) is 3.30. The van der Waals surface area contributed by atoms with Gasteiger partial charge in [0.1, 0.15) is 0 Å². The summed E-state index contributed by atoms with van der Waals surface area (Å²) < 4.78 is 1.73. The van der Waals surface area contributed by atoms with Crippen LogP contribution in [0.15, 0.2) is 59.4 Å². The summed E-state index contributed by atoms with van der Waals surface area (Å²) in [4.78, 5) is 25.4. The Bertz CT molecular complexity index is 1000. The van der Waals surface area contributed by atoms with Crippen LogP contribution in [-0.4, -0.2) is 17.0 Å². The number of para-hydroxylation sites is 1. The van der Waals surface area contributed by atoms with Gasteiger partial charge in [-0.25, -0.2) is 0 Å². The normalized spacial score (nSPS) is 11.1. The van der Waals surface area contributed by atoms with Gasteiger partial charge in [0.15, 0.2) is 0 Å². The number of hydrogen-bond acceptors (Lipinski definition) is 2. The smallest absolute Gasteiger partial charge is 0.252 e. The molecule has 4 nitrogen and oxygen atoms in total. The van der Waals surface area contributed by atoms with E-state index in [1.807, 2.05) is 55.5 Å². The Kier molecular flexibility index (Phi) is 5.75. The van der Waals surface area contributed by atoms with E-state index < -0.39 is 0 Å². The van der Waals surface area contributed by atoms with Gasteiger partial charge in [-0.1, -0.05) is 61.9 Å². The molecule has 4 heteroatoms. The molecule has 0 bridgehead atoms. The van der Waals surface area contributed by atoms with Gasteiger partial charge in [0, 0.05) is 18.0 Å². The zero-order valence-electron chi connectivity index (χ0n) is 16.2. The molecule has 0 fully saturated rings. The average molecular weight is 362 g/mol. The second-order valence-corrected chi connectivity index (χ2v) is 7.42. The molecule has 0 unspecified atom stereocenters. The molecule has 2 aromatic carbocycles. The second-order valence-electron chi connectivity index (χ2n) is 7.42. The Labute approximate surface area is 159 Å². The van der Waals surface area contributed by atoms with E-state index in [4.69, 9.17) is 0 Å². The molecule has 1 amide bonds. The summed E-state index contributed by atoms with van der Waals surface area (Å²) in [5, 5.41) is 3.74. The molecule has 3 rings (SSSR count). The molecule has 1 aromatic heterocycles. The number of aryl methyl sites for hydroxylation is 1. The number of nitrogens with zero attached hydrogens (tertiary/aromatic N) is 1. The van der Waals surface area contributed by atoms with Crippen molar-refractivity contribution in [3.8, 4) is 0 Å². The van der Waals surface area contributed by atoms with Crippen molar-refractivity contribution in [3.05, 3.63) is 81.6 Å². The number of rotatable bonds is 6. The van der Waals surface area contributed by atoms with E-state index in [0.29, 0.717) is 24.6 Å². The first-order valence-corrected chi connectivity index (χ1v) is 9.42. The van der Waals surface area contributed by atoms with Crippen molar-refractivity contribution in [2.24, 2.45) is 5.92 Å². The number of hydrogen-bond donors (Lipinski definition) is 1. The van der Waals surface area contributed by atoms with Crippen LogP contribution in [0.3, 0.4) is 0 Å². The van der Waals surface area contributed by atoms with E-state index in [-0.39, 0.29) is 11.5 Å². The number of aromatic nitrogens is 1. The minimum Gasteiger partial charge on any atom is -0.352 e. The van der Waals surface area contributed by atoms with Crippen LogP contribution < -0.4 is 10.9 Å². The highest BCUT2D eigenvalue weighted by Crippen LogP contribution is 2.18.